The number of nitrogens with zero attached hydrogens (tertiary/aromatic N) is 2. The molecule has 0 amide bonds. The molecule has 0 fully saturated rings. The molecule has 1 unspecified atom stereocenters. The van der Waals surface area contributed by atoms with Gasteiger partial charge in [0.2, 0.25) is 0 Å². The summed E-state index contributed by atoms with van der Waals surface area (Å²) in [7, 11) is 0. The SMILES string of the molecule is CCOC(=O)C1=C(c2ccccc2)N=c2s/c(=C\c3ccc(Br)cc3)c(=O)n2C1c1ccc(SC)cc1. The quantitative estimate of drug-likeness (QED) is 0.222. The molecule has 5 nitrogen and oxygen atoms in total. The Morgan fingerprint density at radius 1 is 1.08 bits per heavy atom. The van der Waals surface area contributed by atoms with Gasteiger partial charge in [0.25, 0.3) is 5.56 Å². The van der Waals surface area contributed by atoms with E-state index >= 15 is 0 Å². The average molecular weight is 592 g/mol. The molecule has 5 rings (SSSR count). The van der Waals surface area contributed by atoms with Crippen LogP contribution >= 0.6 is 39.0 Å². The van der Waals surface area contributed by atoms with Crippen LogP contribution in [0.1, 0.15) is 29.7 Å². The van der Waals surface area contributed by atoms with Crippen molar-refractivity contribution in [2.45, 2.75) is 17.9 Å². The highest BCUT2D eigenvalue weighted by molar-refractivity contribution is 9.10. The van der Waals surface area contributed by atoms with Crippen molar-refractivity contribution in [2.75, 3.05) is 12.9 Å². The van der Waals surface area contributed by atoms with Crippen molar-refractivity contribution in [3.05, 3.63) is 125 Å². The fraction of sp³-hybridized carbons (Fsp3) is 0.138. The van der Waals surface area contributed by atoms with Gasteiger partial charge in [-0.3, -0.25) is 9.36 Å². The first-order valence-electron chi connectivity index (χ1n) is 11.7. The molecule has 1 aliphatic heterocycles. The molecular formula is C29H23BrN2O3S2. The number of benzene rings is 3. The van der Waals surface area contributed by atoms with Crippen molar-refractivity contribution in [3.63, 3.8) is 0 Å². The third-order valence-electron chi connectivity index (χ3n) is 5.97. The molecule has 8 heteroatoms. The van der Waals surface area contributed by atoms with E-state index in [2.05, 4.69) is 15.9 Å². The third-order valence-corrected chi connectivity index (χ3v) is 8.23. The van der Waals surface area contributed by atoms with Crippen LogP contribution in [0.3, 0.4) is 0 Å². The lowest BCUT2D eigenvalue weighted by Gasteiger charge is -2.26. The maximum Gasteiger partial charge on any atom is 0.338 e. The monoisotopic (exact) mass is 590 g/mol. The fourth-order valence-electron chi connectivity index (χ4n) is 4.25. The molecule has 37 heavy (non-hydrogen) atoms. The molecule has 0 N–H and O–H groups in total. The fourth-order valence-corrected chi connectivity index (χ4v) is 5.93. The standard InChI is InChI=1S/C29H23BrN2O3S2/c1-3-35-28(34)24-25(19-7-5-4-6-8-19)31-29-32(26(24)20-11-15-22(36-2)16-12-20)27(33)23(37-29)17-18-9-13-21(30)14-10-18/h4-17,26H,3H2,1-2H3/b23-17-. The molecular weight excluding hydrogens is 568 g/mol. The Kier molecular flexibility index (Phi) is 7.60. The summed E-state index contributed by atoms with van der Waals surface area (Å²) in [5.74, 6) is -0.480. The van der Waals surface area contributed by atoms with Crippen LogP contribution in [0.15, 0.2) is 104 Å². The molecule has 1 atom stereocenters. The minimum absolute atomic E-state index is 0.195. The summed E-state index contributed by atoms with van der Waals surface area (Å²) < 4.78 is 8.65. The summed E-state index contributed by atoms with van der Waals surface area (Å²) in [5, 5.41) is 0. The van der Waals surface area contributed by atoms with Crippen LogP contribution in [-0.4, -0.2) is 23.4 Å². The van der Waals surface area contributed by atoms with Gasteiger partial charge >= 0.3 is 5.97 Å². The second kappa shape index (κ2) is 11.0. The largest absolute Gasteiger partial charge is 0.463 e. The number of fused-ring (bicyclic) bond motifs is 1. The smallest absolute Gasteiger partial charge is 0.338 e. The Balaban J connectivity index is 1.81. The van der Waals surface area contributed by atoms with E-state index in [4.69, 9.17) is 9.73 Å². The van der Waals surface area contributed by atoms with Crippen LogP contribution in [0.4, 0.5) is 0 Å². The first kappa shape index (κ1) is 25.4. The highest BCUT2D eigenvalue weighted by atomic mass is 79.9. The normalized spacial score (nSPS) is 15.3. The Hall–Kier alpha value is -3.20. The number of halogens is 1. The summed E-state index contributed by atoms with van der Waals surface area (Å²) in [6.45, 7) is 1.99. The van der Waals surface area contributed by atoms with Gasteiger partial charge in [-0.05, 0) is 54.6 Å². The lowest BCUT2D eigenvalue weighted by atomic mass is 9.93. The molecule has 0 saturated carbocycles. The predicted molar refractivity (Wildman–Crippen MR) is 153 cm³/mol. The van der Waals surface area contributed by atoms with Crippen LogP contribution in [0, 0.1) is 0 Å². The van der Waals surface area contributed by atoms with Gasteiger partial charge in [0.05, 0.1) is 28.5 Å². The number of thioether (sulfide) groups is 1. The average Bonchev–Trinajstić information content (AvgIpc) is 3.24. The van der Waals surface area contributed by atoms with Gasteiger partial charge in [-0.1, -0.05) is 81.9 Å². The molecule has 3 aromatic carbocycles. The number of carbonyl (C=O) groups is 1. The van der Waals surface area contributed by atoms with Gasteiger partial charge in [0.1, 0.15) is 0 Å². The number of aromatic nitrogens is 1. The summed E-state index contributed by atoms with van der Waals surface area (Å²) in [6, 6.07) is 24.6. The second-order valence-corrected chi connectivity index (χ2v) is 11.1. The van der Waals surface area contributed by atoms with Crippen LogP contribution in [0.5, 0.6) is 0 Å². The minimum Gasteiger partial charge on any atom is -0.463 e. The summed E-state index contributed by atoms with van der Waals surface area (Å²) in [6.07, 6.45) is 3.87. The number of thiazole rings is 1. The molecule has 0 spiro atoms. The van der Waals surface area contributed by atoms with Gasteiger partial charge in [-0.2, -0.15) is 0 Å². The molecule has 1 aliphatic rings. The Bertz CT molecular complexity index is 1660. The Morgan fingerprint density at radius 3 is 2.43 bits per heavy atom. The highest BCUT2D eigenvalue weighted by Gasteiger charge is 2.35. The van der Waals surface area contributed by atoms with Gasteiger partial charge in [0, 0.05) is 14.9 Å². The summed E-state index contributed by atoms with van der Waals surface area (Å²) in [4.78, 5) is 33.8. The van der Waals surface area contributed by atoms with Crippen LogP contribution in [-0.2, 0) is 9.53 Å². The van der Waals surface area contributed by atoms with Crippen LogP contribution in [0.25, 0.3) is 11.8 Å². The van der Waals surface area contributed by atoms with Crippen molar-refractivity contribution < 1.29 is 9.53 Å². The second-order valence-electron chi connectivity index (χ2n) is 8.26. The van der Waals surface area contributed by atoms with Crippen LogP contribution < -0.4 is 14.9 Å². The van der Waals surface area contributed by atoms with Gasteiger partial charge < -0.3 is 4.74 Å². The summed E-state index contributed by atoms with van der Waals surface area (Å²) in [5.41, 5.74) is 3.20. The first-order valence-corrected chi connectivity index (χ1v) is 14.5. The Labute approximate surface area is 231 Å². The number of hydrogen-bond acceptors (Lipinski definition) is 6. The zero-order valence-corrected chi connectivity index (χ0v) is 23.4. The molecule has 186 valence electrons. The van der Waals surface area contributed by atoms with Crippen molar-refractivity contribution in [3.8, 4) is 0 Å². The number of ether oxygens (including phenoxy) is 1. The number of rotatable bonds is 6. The van der Waals surface area contributed by atoms with E-state index < -0.39 is 12.0 Å². The van der Waals surface area contributed by atoms with Crippen LogP contribution in [0.2, 0.25) is 0 Å². The Morgan fingerprint density at radius 2 is 1.78 bits per heavy atom. The maximum absolute atomic E-state index is 13.9. The van der Waals surface area contributed by atoms with E-state index in [0.29, 0.717) is 20.6 Å². The third kappa shape index (κ3) is 5.14. The molecule has 2 heterocycles. The van der Waals surface area contributed by atoms with Gasteiger partial charge in [-0.15, -0.1) is 11.8 Å². The molecule has 4 aromatic rings. The van der Waals surface area contributed by atoms with E-state index in [1.807, 2.05) is 91.2 Å². The predicted octanol–water partition coefficient (Wildman–Crippen LogP) is 5.42. The van der Waals surface area contributed by atoms with Gasteiger partial charge in [0.15, 0.2) is 4.80 Å². The van der Waals surface area contributed by atoms with E-state index in [9.17, 15) is 9.59 Å². The lowest BCUT2D eigenvalue weighted by Crippen LogP contribution is -2.40. The van der Waals surface area contributed by atoms with E-state index in [-0.39, 0.29) is 12.2 Å². The van der Waals surface area contributed by atoms with E-state index in [1.165, 1.54) is 11.3 Å². The molecule has 0 radical (unpaired) electrons. The summed E-state index contributed by atoms with van der Waals surface area (Å²) >= 11 is 6.41. The van der Waals surface area contributed by atoms with Crippen molar-refractivity contribution in [1.29, 1.82) is 0 Å². The molecule has 1 aromatic heterocycles. The first-order chi connectivity index (χ1) is 18.0. The lowest BCUT2D eigenvalue weighted by molar-refractivity contribution is -0.138. The molecule has 0 saturated heterocycles. The van der Waals surface area contributed by atoms with Gasteiger partial charge in [-0.25, -0.2) is 9.79 Å². The number of esters is 1. The minimum atomic E-state index is -0.673. The number of hydrogen-bond donors (Lipinski definition) is 0. The van der Waals surface area contributed by atoms with E-state index in [0.717, 1.165) is 26.1 Å². The van der Waals surface area contributed by atoms with Crippen molar-refractivity contribution in [1.82, 2.24) is 4.57 Å². The van der Waals surface area contributed by atoms with Crippen molar-refractivity contribution >= 4 is 56.8 Å². The zero-order valence-electron chi connectivity index (χ0n) is 20.2. The maximum atomic E-state index is 13.9. The van der Waals surface area contributed by atoms with Crippen molar-refractivity contribution in [2.24, 2.45) is 4.99 Å². The molecule has 0 bridgehead atoms. The number of carbonyl (C=O) groups excluding carboxylic acids is 1. The topological polar surface area (TPSA) is 60.7 Å². The zero-order chi connectivity index (χ0) is 25.9. The molecule has 0 aliphatic carbocycles. The highest BCUT2D eigenvalue weighted by Crippen LogP contribution is 2.35. The van der Waals surface area contributed by atoms with E-state index in [1.54, 1.807) is 23.3 Å².